The van der Waals surface area contributed by atoms with Crippen LogP contribution in [-0.2, 0) is 11.8 Å². The fourth-order valence-corrected chi connectivity index (χ4v) is 2.77. The molecule has 3 rings (SSSR count). The van der Waals surface area contributed by atoms with E-state index in [0.29, 0.717) is 6.04 Å². The Labute approximate surface area is 120 Å². The molecule has 1 atom stereocenters. The summed E-state index contributed by atoms with van der Waals surface area (Å²) in [7, 11) is 1.97. The molecular weight excluding hydrogens is 250 g/mol. The minimum absolute atomic E-state index is 0.444. The van der Waals surface area contributed by atoms with Crippen LogP contribution in [0.5, 0.6) is 0 Å². The van der Waals surface area contributed by atoms with E-state index in [1.807, 2.05) is 24.0 Å². The van der Waals surface area contributed by atoms with E-state index in [-0.39, 0.29) is 0 Å². The second-order valence-corrected chi connectivity index (χ2v) is 5.29. The number of morpholine rings is 1. The van der Waals surface area contributed by atoms with Crippen molar-refractivity contribution in [2.45, 2.75) is 13.0 Å². The largest absolute Gasteiger partial charge is 0.379 e. The van der Waals surface area contributed by atoms with Gasteiger partial charge in [0, 0.05) is 32.4 Å². The number of ether oxygens (including phenoxy) is 1. The first-order valence-electron chi connectivity index (χ1n) is 7.16. The molecule has 0 amide bonds. The van der Waals surface area contributed by atoms with Gasteiger partial charge in [0.05, 0.1) is 18.9 Å². The number of hydrogen-bond acceptors (Lipinski definition) is 3. The molecule has 0 N–H and O–H groups in total. The van der Waals surface area contributed by atoms with E-state index in [1.54, 1.807) is 0 Å². The Bertz CT molecular complexity index is 555. The lowest BCUT2D eigenvalue weighted by atomic mass is 10.0. The van der Waals surface area contributed by atoms with Gasteiger partial charge >= 0.3 is 0 Å². The molecule has 1 fully saturated rings. The molecule has 1 aromatic heterocycles. The minimum atomic E-state index is 0.444. The second-order valence-electron chi connectivity index (χ2n) is 5.29. The van der Waals surface area contributed by atoms with Crippen LogP contribution in [0, 0.1) is 0 Å². The Kier molecular flexibility index (Phi) is 3.85. The van der Waals surface area contributed by atoms with Crippen molar-refractivity contribution in [2.75, 3.05) is 26.3 Å². The highest BCUT2D eigenvalue weighted by molar-refractivity contribution is 5.59. The molecule has 106 valence electrons. The first-order valence-corrected chi connectivity index (χ1v) is 7.16. The SMILES string of the molecule is C[C@@H](c1ccc(-c2ccnn2C)cc1)N1CCOCC1. The predicted octanol–water partition coefficient (Wildman–Crippen LogP) is 2.48. The van der Waals surface area contributed by atoms with Gasteiger partial charge in [0.1, 0.15) is 0 Å². The number of aromatic nitrogens is 2. The van der Waals surface area contributed by atoms with E-state index in [2.05, 4.69) is 41.2 Å². The van der Waals surface area contributed by atoms with Crippen molar-refractivity contribution >= 4 is 0 Å². The van der Waals surface area contributed by atoms with Crippen LogP contribution in [0.4, 0.5) is 0 Å². The Hall–Kier alpha value is -1.65. The molecule has 0 spiro atoms. The molecule has 1 saturated heterocycles. The Balaban J connectivity index is 1.77. The standard InChI is InChI=1S/C16H21N3O/c1-13(19-9-11-20-12-10-19)14-3-5-15(6-4-14)16-7-8-17-18(16)2/h3-8,13H,9-12H2,1-2H3/t13-/m0/s1. The summed E-state index contributed by atoms with van der Waals surface area (Å²) in [6.07, 6.45) is 1.83. The first-order chi connectivity index (χ1) is 9.75. The highest BCUT2D eigenvalue weighted by Gasteiger charge is 2.18. The molecule has 1 aliphatic heterocycles. The smallest absolute Gasteiger partial charge is 0.0678 e. The minimum Gasteiger partial charge on any atom is -0.379 e. The maximum atomic E-state index is 5.42. The normalized spacial score (nSPS) is 18.1. The van der Waals surface area contributed by atoms with Crippen LogP contribution in [0.1, 0.15) is 18.5 Å². The summed E-state index contributed by atoms with van der Waals surface area (Å²) in [5.41, 5.74) is 3.72. The van der Waals surface area contributed by atoms with Gasteiger partial charge in [0.2, 0.25) is 0 Å². The number of hydrogen-bond donors (Lipinski definition) is 0. The van der Waals surface area contributed by atoms with Gasteiger partial charge in [-0.3, -0.25) is 9.58 Å². The second kappa shape index (κ2) is 5.77. The van der Waals surface area contributed by atoms with Gasteiger partial charge in [-0.15, -0.1) is 0 Å². The fourth-order valence-electron chi connectivity index (χ4n) is 2.77. The van der Waals surface area contributed by atoms with Gasteiger partial charge in [0.25, 0.3) is 0 Å². The summed E-state index contributed by atoms with van der Waals surface area (Å²) >= 11 is 0. The average molecular weight is 271 g/mol. The molecule has 0 unspecified atom stereocenters. The third kappa shape index (κ3) is 2.62. The van der Waals surface area contributed by atoms with Crippen LogP contribution in [-0.4, -0.2) is 41.0 Å². The van der Waals surface area contributed by atoms with E-state index < -0.39 is 0 Å². The monoisotopic (exact) mass is 271 g/mol. The van der Waals surface area contributed by atoms with Crippen molar-refractivity contribution in [3.8, 4) is 11.3 Å². The van der Waals surface area contributed by atoms with Crippen molar-refractivity contribution in [3.63, 3.8) is 0 Å². The van der Waals surface area contributed by atoms with E-state index >= 15 is 0 Å². The van der Waals surface area contributed by atoms with Crippen LogP contribution in [0.25, 0.3) is 11.3 Å². The van der Waals surface area contributed by atoms with Crippen molar-refractivity contribution in [2.24, 2.45) is 7.05 Å². The quantitative estimate of drug-likeness (QED) is 0.859. The fraction of sp³-hybridized carbons (Fsp3) is 0.438. The van der Waals surface area contributed by atoms with E-state index in [1.165, 1.54) is 11.1 Å². The number of rotatable bonds is 3. The number of nitrogens with zero attached hydrogens (tertiary/aromatic N) is 3. The van der Waals surface area contributed by atoms with Gasteiger partial charge in [-0.1, -0.05) is 24.3 Å². The molecule has 1 aromatic carbocycles. The van der Waals surface area contributed by atoms with Crippen LogP contribution < -0.4 is 0 Å². The average Bonchev–Trinajstić information content (AvgIpc) is 2.94. The molecular formula is C16H21N3O. The maximum absolute atomic E-state index is 5.42. The lowest BCUT2D eigenvalue weighted by Crippen LogP contribution is -2.37. The molecule has 0 aliphatic carbocycles. The Morgan fingerprint density at radius 3 is 2.40 bits per heavy atom. The zero-order valence-corrected chi connectivity index (χ0v) is 12.1. The van der Waals surface area contributed by atoms with Gasteiger partial charge < -0.3 is 4.74 Å². The molecule has 2 heterocycles. The summed E-state index contributed by atoms with van der Waals surface area (Å²) in [6.45, 7) is 5.99. The van der Waals surface area contributed by atoms with Crippen molar-refractivity contribution < 1.29 is 4.74 Å². The molecule has 0 bridgehead atoms. The number of aryl methyl sites for hydroxylation is 1. The molecule has 2 aromatic rings. The van der Waals surface area contributed by atoms with Gasteiger partial charge in [-0.05, 0) is 24.1 Å². The van der Waals surface area contributed by atoms with Crippen molar-refractivity contribution in [1.29, 1.82) is 0 Å². The first kappa shape index (κ1) is 13.3. The lowest BCUT2D eigenvalue weighted by molar-refractivity contribution is 0.0198. The van der Waals surface area contributed by atoms with Crippen LogP contribution in [0.15, 0.2) is 36.5 Å². The van der Waals surface area contributed by atoms with Crippen LogP contribution >= 0.6 is 0 Å². The summed E-state index contributed by atoms with van der Waals surface area (Å²) in [5.74, 6) is 0. The summed E-state index contributed by atoms with van der Waals surface area (Å²) in [4.78, 5) is 2.47. The van der Waals surface area contributed by atoms with Crippen LogP contribution in [0.3, 0.4) is 0 Å². The third-order valence-electron chi connectivity index (χ3n) is 4.10. The van der Waals surface area contributed by atoms with E-state index in [0.717, 1.165) is 32.0 Å². The van der Waals surface area contributed by atoms with Crippen molar-refractivity contribution in [1.82, 2.24) is 14.7 Å². The summed E-state index contributed by atoms with van der Waals surface area (Å²) in [6, 6.07) is 11.3. The predicted molar refractivity (Wildman–Crippen MR) is 79.5 cm³/mol. The topological polar surface area (TPSA) is 30.3 Å². The summed E-state index contributed by atoms with van der Waals surface area (Å²) in [5, 5.41) is 4.22. The van der Waals surface area contributed by atoms with E-state index in [9.17, 15) is 0 Å². The third-order valence-corrected chi connectivity index (χ3v) is 4.10. The molecule has 0 saturated carbocycles. The van der Waals surface area contributed by atoms with Crippen LogP contribution in [0.2, 0.25) is 0 Å². The van der Waals surface area contributed by atoms with Gasteiger partial charge in [-0.2, -0.15) is 5.10 Å². The van der Waals surface area contributed by atoms with Crippen molar-refractivity contribution in [3.05, 3.63) is 42.1 Å². The molecule has 0 radical (unpaired) electrons. The Morgan fingerprint density at radius 2 is 1.80 bits per heavy atom. The lowest BCUT2D eigenvalue weighted by Gasteiger charge is -2.32. The maximum Gasteiger partial charge on any atom is 0.0678 e. The highest BCUT2D eigenvalue weighted by Crippen LogP contribution is 2.24. The van der Waals surface area contributed by atoms with Gasteiger partial charge in [0.15, 0.2) is 0 Å². The molecule has 20 heavy (non-hydrogen) atoms. The Morgan fingerprint density at radius 1 is 1.10 bits per heavy atom. The number of benzene rings is 1. The highest BCUT2D eigenvalue weighted by atomic mass is 16.5. The van der Waals surface area contributed by atoms with Gasteiger partial charge in [-0.25, -0.2) is 0 Å². The zero-order valence-electron chi connectivity index (χ0n) is 12.1. The molecule has 4 heteroatoms. The van der Waals surface area contributed by atoms with E-state index in [4.69, 9.17) is 4.74 Å². The zero-order chi connectivity index (χ0) is 13.9. The molecule has 4 nitrogen and oxygen atoms in total. The molecule has 1 aliphatic rings. The summed E-state index contributed by atoms with van der Waals surface area (Å²) < 4.78 is 7.32.